The summed E-state index contributed by atoms with van der Waals surface area (Å²) in [6.45, 7) is 2.25. The fourth-order valence-corrected chi connectivity index (χ4v) is 1.00. The van der Waals surface area contributed by atoms with Gasteiger partial charge in [0.25, 0.3) is 0 Å². The van der Waals surface area contributed by atoms with Crippen molar-refractivity contribution in [1.82, 2.24) is 4.90 Å². The zero-order valence-corrected chi connectivity index (χ0v) is 6.64. The molecule has 0 atom stereocenters. The summed E-state index contributed by atoms with van der Waals surface area (Å²) >= 11 is 0. The predicted molar refractivity (Wildman–Crippen MR) is 48.1 cm³/mol. The summed E-state index contributed by atoms with van der Waals surface area (Å²) in [7, 11) is 0. The second-order valence-corrected chi connectivity index (χ2v) is 2.38. The number of ether oxygens (including phenoxy) is 1. The third-order valence-electron chi connectivity index (χ3n) is 1.63. The number of rotatable bonds is 2. The number of nitrogens with zero attached hydrogens (tertiary/aromatic N) is 4. The fraction of sp³-hybridized carbons (Fsp3) is 0.857. The molecule has 0 saturated carbocycles. The molecule has 0 aliphatic carbocycles. The van der Waals surface area contributed by atoms with E-state index in [1.807, 2.05) is 0 Å². The molecule has 74 valence electrons. The average Bonchev–Trinajstić information content (AvgIpc) is 2.15. The Morgan fingerprint density at radius 3 is 2.69 bits per heavy atom. The molecule has 0 unspecified atom stereocenters. The van der Waals surface area contributed by atoms with Crippen molar-refractivity contribution in [2.75, 3.05) is 32.8 Å². The lowest BCUT2D eigenvalue weighted by atomic mass is 10.4. The van der Waals surface area contributed by atoms with E-state index in [9.17, 15) is 4.79 Å². The summed E-state index contributed by atoms with van der Waals surface area (Å²) in [4.78, 5) is 15.3. The smallest absolute Gasteiger partial charge is 0.228 e. The summed E-state index contributed by atoms with van der Waals surface area (Å²) in [6.07, 6.45) is 0. The van der Waals surface area contributed by atoms with Gasteiger partial charge in [-0.1, -0.05) is 12.5 Å². The molecule has 0 aromatic rings. The molecule has 1 heterocycles. The minimum atomic E-state index is -0.129. The van der Waals surface area contributed by atoms with Gasteiger partial charge in [-0.15, -0.1) is 0 Å². The highest BCUT2D eigenvalue weighted by Crippen LogP contribution is 1.97. The Kier molecular flexibility index (Phi) is 5.67. The van der Waals surface area contributed by atoms with Crippen LogP contribution in [-0.2, 0) is 9.53 Å². The lowest BCUT2D eigenvalue weighted by Gasteiger charge is -2.26. The SMILES string of the molecule is C.[N-]=[N+]=NCC(=O)N1CCOCC1. The first kappa shape index (κ1) is 11.7. The quantitative estimate of drug-likeness (QED) is 0.363. The molecule has 0 bridgehead atoms. The number of hydrogen-bond donors (Lipinski definition) is 0. The number of carbonyl (C=O) groups is 1. The Morgan fingerprint density at radius 2 is 2.15 bits per heavy atom. The maximum Gasteiger partial charge on any atom is 0.228 e. The molecule has 0 N–H and O–H groups in total. The Morgan fingerprint density at radius 1 is 1.54 bits per heavy atom. The summed E-state index contributed by atoms with van der Waals surface area (Å²) in [5, 5.41) is 3.20. The molecule has 1 aliphatic heterocycles. The molecule has 1 saturated heterocycles. The first-order chi connectivity index (χ1) is 5.84. The molecule has 1 amide bonds. The van der Waals surface area contributed by atoms with Gasteiger partial charge in [0.1, 0.15) is 6.54 Å². The van der Waals surface area contributed by atoms with Gasteiger partial charge in [-0.05, 0) is 5.53 Å². The lowest BCUT2D eigenvalue weighted by molar-refractivity contribution is -0.133. The normalized spacial score (nSPS) is 15.5. The number of amides is 1. The maximum atomic E-state index is 11.2. The fourth-order valence-electron chi connectivity index (χ4n) is 1.00. The van der Waals surface area contributed by atoms with Crippen molar-refractivity contribution in [3.05, 3.63) is 10.4 Å². The predicted octanol–water partition coefficient (Wildman–Crippen LogP) is 0.792. The van der Waals surface area contributed by atoms with Crippen LogP contribution < -0.4 is 0 Å². The van der Waals surface area contributed by atoms with Gasteiger partial charge in [0, 0.05) is 18.0 Å². The second-order valence-electron chi connectivity index (χ2n) is 2.38. The number of morpholine rings is 1. The van der Waals surface area contributed by atoms with E-state index < -0.39 is 0 Å². The zero-order chi connectivity index (χ0) is 8.81. The van der Waals surface area contributed by atoms with Gasteiger partial charge < -0.3 is 9.64 Å². The molecule has 0 aromatic carbocycles. The van der Waals surface area contributed by atoms with Crippen molar-refractivity contribution < 1.29 is 9.53 Å². The van der Waals surface area contributed by atoms with Crippen molar-refractivity contribution in [3.63, 3.8) is 0 Å². The van der Waals surface area contributed by atoms with Crippen LogP contribution in [0.3, 0.4) is 0 Å². The van der Waals surface area contributed by atoms with Gasteiger partial charge in [-0.2, -0.15) is 0 Å². The van der Waals surface area contributed by atoms with Gasteiger partial charge in [0.2, 0.25) is 5.91 Å². The van der Waals surface area contributed by atoms with E-state index in [0.717, 1.165) is 0 Å². The van der Waals surface area contributed by atoms with Crippen LogP contribution in [-0.4, -0.2) is 43.7 Å². The first-order valence-electron chi connectivity index (χ1n) is 3.71. The molecule has 13 heavy (non-hydrogen) atoms. The number of hydrogen-bond acceptors (Lipinski definition) is 3. The summed E-state index contributed by atoms with van der Waals surface area (Å²) in [5.74, 6) is -0.129. The number of azide groups is 1. The van der Waals surface area contributed by atoms with E-state index in [1.54, 1.807) is 4.90 Å². The monoisotopic (exact) mass is 186 g/mol. The van der Waals surface area contributed by atoms with Crippen LogP contribution in [0, 0.1) is 0 Å². The highest BCUT2D eigenvalue weighted by atomic mass is 16.5. The molecule has 1 fully saturated rings. The van der Waals surface area contributed by atoms with Gasteiger partial charge in [-0.25, -0.2) is 0 Å². The summed E-state index contributed by atoms with van der Waals surface area (Å²) < 4.78 is 5.06. The van der Waals surface area contributed by atoms with Crippen LogP contribution in [0.1, 0.15) is 7.43 Å². The second kappa shape index (κ2) is 6.28. The third kappa shape index (κ3) is 3.78. The van der Waals surface area contributed by atoms with Crippen molar-refractivity contribution in [1.29, 1.82) is 0 Å². The van der Waals surface area contributed by atoms with Crippen molar-refractivity contribution in [3.8, 4) is 0 Å². The molecule has 6 nitrogen and oxygen atoms in total. The molecular formula is C7H14N4O2. The van der Waals surface area contributed by atoms with Gasteiger partial charge in [0.15, 0.2) is 0 Å². The Balaban J connectivity index is 0.00000144. The Labute approximate surface area is 77.1 Å². The zero-order valence-electron chi connectivity index (χ0n) is 6.64. The van der Waals surface area contributed by atoms with Crippen LogP contribution in [0.5, 0.6) is 0 Å². The van der Waals surface area contributed by atoms with Crippen LogP contribution in [0.25, 0.3) is 10.4 Å². The van der Waals surface area contributed by atoms with E-state index in [2.05, 4.69) is 10.0 Å². The van der Waals surface area contributed by atoms with E-state index >= 15 is 0 Å². The molecule has 1 rings (SSSR count). The van der Waals surface area contributed by atoms with Gasteiger partial charge in [0.05, 0.1) is 13.2 Å². The van der Waals surface area contributed by atoms with Crippen molar-refractivity contribution >= 4 is 5.91 Å². The third-order valence-corrected chi connectivity index (χ3v) is 1.63. The summed E-state index contributed by atoms with van der Waals surface area (Å²) in [5.41, 5.74) is 7.98. The van der Waals surface area contributed by atoms with E-state index in [1.165, 1.54) is 0 Å². The van der Waals surface area contributed by atoms with Crippen LogP contribution in [0.4, 0.5) is 0 Å². The molecular weight excluding hydrogens is 172 g/mol. The molecule has 0 aromatic heterocycles. The van der Waals surface area contributed by atoms with Gasteiger partial charge in [-0.3, -0.25) is 4.79 Å². The maximum absolute atomic E-state index is 11.2. The Hall–Kier alpha value is -1.26. The largest absolute Gasteiger partial charge is 0.378 e. The summed E-state index contributed by atoms with van der Waals surface area (Å²) in [6, 6.07) is 0. The lowest BCUT2D eigenvalue weighted by Crippen LogP contribution is -2.41. The topological polar surface area (TPSA) is 78.3 Å². The van der Waals surface area contributed by atoms with Crippen LogP contribution >= 0.6 is 0 Å². The van der Waals surface area contributed by atoms with Crippen LogP contribution in [0.2, 0.25) is 0 Å². The van der Waals surface area contributed by atoms with Crippen LogP contribution in [0.15, 0.2) is 5.11 Å². The van der Waals surface area contributed by atoms with E-state index in [0.29, 0.717) is 26.3 Å². The minimum Gasteiger partial charge on any atom is -0.378 e. The highest BCUT2D eigenvalue weighted by Gasteiger charge is 2.15. The molecule has 1 aliphatic rings. The van der Waals surface area contributed by atoms with E-state index in [-0.39, 0.29) is 19.9 Å². The average molecular weight is 186 g/mol. The Bertz CT molecular complexity index is 207. The van der Waals surface area contributed by atoms with Gasteiger partial charge >= 0.3 is 0 Å². The first-order valence-corrected chi connectivity index (χ1v) is 3.71. The standard InChI is InChI=1S/C6H10N4O2.CH4/c7-9-8-5-6(11)10-1-3-12-4-2-10;/h1-5H2;1H4. The van der Waals surface area contributed by atoms with Crippen molar-refractivity contribution in [2.45, 2.75) is 7.43 Å². The van der Waals surface area contributed by atoms with Crippen molar-refractivity contribution in [2.24, 2.45) is 5.11 Å². The highest BCUT2D eigenvalue weighted by molar-refractivity contribution is 5.78. The molecule has 6 heteroatoms. The molecule has 0 spiro atoms. The minimum absolute atomic E-state index is 0. The van der Waals surface area contributed by atoms with E-state index in [4.69, 9.17) is 10.3 Å². The molecule has 0 radical (unpaired) electrons. The number of carbonyl (C=O) groups excluding carboxylic acids is 1.